The Morgan fingerprint density at radius 3 is 2.57 bits per heavy atom. The van der Waals surface area contributed by atoms with Gasteiger partial charge in [-0.15, -0.1) is 0 Å². The van der Waals surface area contributed by atoms with Crippen molar-refractivity contribution in [1.29, 1.82) is 0 Å². The van der Waals surface area contributed by atoms with E-state index >= 15 is 0 Å². The van der Waals surface area contributed by atoms with E-state index in [1.165, 1.54) is 0 Å². The van der Waals surface area contributed by atoms with Gasteiger partial charge in [-0.2, -0.15) is 0 Å². The summed E-state index contributed by atoms with van der Waals surface area (Å²) in [4.78, 5) is 19.0. The molecule has 1 amide bonds. The zero-order valence-corrected chi connectivity index (χ0v) is 14.8. The van der Waals surface area contributed by atoms with Crippen LogP contribution in [0.2, 0.25) is 0 Å². The maximum Gasteiger partial charge on any atom is 0.236 e. The maximum atomic E-state index is 12.6. The van der Waals surface area contributed by atoms with Gasteiger partial charge in [-0.1, -0.05) is 12.1 Å². The Kier molecular flexibility index (Phi) is 6.42. The van der Waals surface area contributed by atoms with Gasteiger partial charge in [-0.3, -0.25) is 9.69 Å². The number of likely N-dealkylation sites (N-methyl/N-ethyl adjacent to an activating group) is 2. The van der Waals surface area contributed by atoms with Crippen LogP contribution in [0.25, 0.3) is 0 Å². The van der Waals surface area contributed by atoms with Gasteiger partial charge in [0.1, 0.15) is 5.75 Å². The van der Waals surface area contributed by atoms with Gasteiger partial charge in [0.2, 0.25) is 5.91 Å². The minimum absolute atomic E-state index is 0.0584. The van der Waals surface area contributed by atoms with E-state index in [9.17, 15) is 4.79 Å². The molecule has 0 aliphatic carbocycles. The summed E-state index contributed by atoms with van der Waals surface area (Å²) in [7, 11) is 5.69. The summed E-state index contributed by atoms with van der Waals surface area (Å²) in [5.74, 6) is 1.02. The van der Waals surface area contributed by atoms with Crippen molar-refractivity contribution in [1.82, 2.24) is 14.7 Å². The highest BCUT2D eigenvalue weighted by molar-refractivity contribution is 5.78. The Morgan fingerprint density at radius 1 is 1.22 bits per heavy atom. The van der Waals surface area contributed by atoms with E-state index < -0.39 is 0 Å². The number of hydrogen-bond donors (Lipinski definition) is 0. The first-order valence-electron chi connectivity index (χ1n) is 8.31. The smallest absolute Gasteiger partial charge is 0.236 e. The summed E-state index contributed by atoms with van der Waals surface area (Å²) < 4.78 is 5.19. The third-order valence-corrected chi connectivity index (χ3v) is 4.74. The van der Waals surface area contributed by atoms with Crippen molar-refractivity contribution in [3.05, 3.63) is 29.8 Å². The molecule has 1 aliphatic rings. The van der Waals surface area contributed by atoms with E-state index in [0.29, 0.717) is 6.54 Å². The summed E-state index contributed by atoms with van der Waals surface area (Å²) in [5.41, 5.74) is 1.12. The standard InChI is InChI=1S/C18H29N3O2/c1-15(16-6-8-17(23-4)9-7-16)20(3)18(22)14-21-11-5-10-19(2)12-13-21/h6-9,15H,5,10-14H2,1-4H3. The molecule has 5 nitrogen and oxygen atoms in total. The predicted molar refractivity (Wildman–Crippen MR) is 92.7 cm³/mol. The number of rotatable bonds is 5. The Hall–Kier alpha value is -1.59. The first-order chi connectivity index (χ1) is 11.0. The van der Waals surface area contributed by atoms with E-state index in [4.69, 9.17) is 4.74 Å². The third kappa shape index (κ3) is 4.94. The molecule has 1 aromatic rings. The van der Waals surface area contributed by atoms with Crippen LogP contribution in [0, 0.1) is 0 Å². The molecular formula is C18H29N3O2. The summed E-state index contributed by atoms with van der Waals surface area (Å²) >= 11 is 0. The monoisotopic (exact) mass is 319 g/mol. The van der Waals surface area contributed by atoms with Gasteiger partial charge in [-0.25, -0.2) is 0 Å². The van der Waals surface area contributed by atoms with E-state index in [1.54, 1.807) is 7.11 Å². The van der Waals surface area contributed by atoms with Crippen molar-refractivity contribution in [3.8, 4) is 5.75 Å². The lowest BCUT2D eigenvalue weighted by Gasteiger charge is -2.28. The number of methoxy groups -OCH3 is 1. The molecule has 0 radical (unpaired) electrons. The SMILES string of the molecule is COc1ccc(C(C)N(C)C(=O)CN2CCCN(C)CC2)cc1. The van der Waals surface area contributed by atoms with Crippen LogP contribution in [0.4, 0.5) is 0 Å². The molecule has 5 heteroatoms. The highest BCUT2D eigenvalue weighted by Crippen LogP contribution is 2.21. The molecule has 1 fully saturated rings. The molecule has 128 valence electrons. The van der Waals surface area contributed by atoms with Gasteiger partial charge >= 0.3 is 0 Å². The zero-order chi connectivity index (χ0) is 16.8. The Morgan fingerprint density at radius 2 is 1.91 bits per heavy atom. The van der Waals surface area contributed by atoms with E-state index in [-0.39, 0.29) is 11.9 Å². The number of ether oxygens (including phenoxy) is 1. The average Bonchev–Trinajstić information content (AvgIpc) is 2.78. The number of carbonyl (C=O) groups is 1. The molecule has 1 aromatic carbocycles. The molecule has 0 saturated carbocycles. The van der Waals surface area contributed by atoms with Crippen molar-refractivity contribution in [2.45, 2.75) is 19.4 Å². The molecule has 0 bridgehead atoms. The number of nitrogens with zero attached hydrogens (tertiary/aromatic N) is 3. The van der Waals surface area contributed by atoms with Crippen LogP contribution < -0.4 is 4.74 Å². The second-order valence-electron chi connectivity index (χ2n) is 6.39. The summed E-state index contributed by atoms with van der Waals surface area (Å²) in [6, 6.07) is 7.98. The molecule has 1 aliphatic heterocycles. The number of hydrogen-bond acceptors (Lipinski definition) is 4. The van der Waals surface area contributed by atoms with Crippen molar-refractivity contribution in [2.75, 3.05) is 53.9 Å². The molecular weight excluding hydrogens is 290 g/mol. The molecule has 0 aromatic heterocycles. The van der Waals surface area contributed by atoms with Gasteiger partial charge in [0.05, 0.1) is 19.7 Å². The number of amides is 1. The summed E-state index contributed by atoms with van der Waals surface area (Å²) in [6.07, 6.45) is 1.13. The fourth-order valence-corrected chi connectivity index (χ4v) is 2.88. The fourth-order valence-electron chi connectivity index (χ4n) is 2.88. The first kappa shape index (κ1) is 17.8. The highest BCUT2D eigenvalue weighted by atomic mass is 16.5. The minimum Gasteiger partial charge on any atom is -0.497 e. The average molecular weight is 319 g/mol. The van der Waals surface area contributed by atoms with E-state index in [1.807, 2.05) is 36.2 Å². The Balaban J connectivity index is 1.92. The maximum absolute atomic E-state index is 12.6. The minimum atomic E-state index is 0.0584. The predicted octanol–water partition coefficient (Wildman–Crippen LogP) is 1.85. The number of benzene rings is 1. The van der Waals surface area contributed by atoms with Gasteiger partial charge in [-0.05, 0) is 51.2 Å². The van der Waals surface area contributed by atoms with Crippen LogP contribution in [0.3, 0.4) is 0 Å². The van der Waals surface area contributed by atoms with Gasteiger partial charge in [0, 0.05) is 20.1 Å². The topological polar surface area (TPSA) is 36.0 Å². The molecule has 1 atom stereocenters. The van der Waals surface area contributed by atoms with Crippen LogP contribution >= 0.6 is 0 Å². The second kappa shape index (κ2) is 8.31. The summed E-state index contributed by atoms with van der Waals surface area (Å²) in [5, 5.41) is 0. The van der Waals surface area contributed by atoms with Crippen LogP contribution in [-0.2, 0) is 4.79 Å². The second-order valence-corrected chi connectivity index (χ2v) is 6.39. The normalized spacial score (nSPS) is 18.3. The lowest BCUT2D eigenvalue weighted by atomic mass is 10.1. The van der Waals surface area contributed by atoms with Crippen molar-refractivity contribution < 1.29 is 9.53 Å². The molecule has 1 heterocycles. The third-order valence-electron chi connectivity index (χ3n) is 4.74. The van der Waals surface area contributed by atoms with Crippen LogP contribution in [0.5, 0.6) is 5.75 Å². The largest absolute Gasteiger partial charge is 0.497 e. The molecule has 23 heavy (non-hydrogen) atoms. The fraction of sp³-hybridized carbons (Fsp3) is 0.611. The molecule has 1 saturated heterocycles. The van der Waals surface area contributed by atoms with Gasteiger partial charge < -0.3 is 14.5 Å². The first-order valence-corrected chi connectivity index (χ1v) is 8.31. The van der Waals surface area contributed by atoms with Gasteiger partial charge in [0.15, 0.2) is 0 Å². The Bertz CT molecular complexity index is 503. The zero-order valence-electron chi connectivity index (χ0n) is 14.8. The molecule has 0 spiro atoms. The van der Waals surface area contributed by atoms with E-state index in [0.717, 1.165) is 43.9 Å². The van der Waals surface area contributed by atoms with Crippen molar-refractivity contribution in [3.63, 3.8) is 0 Å². The summed E-state index contributed by atoms with van der Waals surface area (Å²) in [6.45, 7) is 6.68. The van der Waals surface area contributed by atoms with E-state index in [2.05, 4.69) is 23.8 Å². The molecule has 0 N–H and O–H groups in total. The number of carbonyl (C=O) groups excluding carboxylic acids is 1. The Labute approximate surface area is 139 Å². The van der Waals surface area contributed by atoms with Crippen LogP contribution in [0.15, 0.2) is 24.3 Å². The highest BCUT2D eigenvalue weighted by Gasteiger charge is 2.21. The van der Waals surface area contributed by atoms with Crippen molar-refractivity contribution in [2.24, 2.45) is 0 Å². The molecule has 2 rings (SSSR count). The van der Waals surface area contributed by atoms with Crippen molar-refractivity contribution >= 4 is 5.91 Å². The lowest BCUT2D eigenvalue weighted by Crippen LogP contribution is -2.40. The lowest BCUT2D eigenvalue weighted by molar-refractivity contribution is -0.133. The van der Waals surface area contributed by atoms with Crippen LogP contribution in [0.1, 0.15) is 24.9 Å². The van der Waals surface area contributed by atoms with Gasteiger partial charge in [0.25, 0.3) is 0 Å². The quantitative estimate of drug-likeness (QED) is 0.830. The van der Waals surface area contributed by atoms with Crippen LogP contribution in [-0.4, -0.2) is 74.5 Å². The molecule has 1 unspecified atom stereocenters.